The molecule has 17 heavy (non-hydrogen) atoms. The number of rotatable bonds is 6. The minimum Gasteiger partial charge on any atom is -0.477 e. The van der Waals surface area contributed by atoms with Crippen molar-refractivity contribution in [2.75, 3.05) is 6.54 Å². The van der Waals surface area contributed by atoms with E-state index < -0.39 is 16.0 Å². The van der Waals surface area contributed by atoms with Crippen molar-refractivity contribution in [3.63, 3.8) is 0 Å². The number of hydrogen-bond acceptors (Lipinski definition) is 4. The quantitative estimate of drug-likeness (QED) is 0.777. The van der Waals surface area contributed by atoms with Crippen LogP contribution in [-0.4, -0.2) is 26.0 Å². The molecule has 7 heteroatoms. The summed E-state index contributed by atoms with van der Waals surface area (Å²) in [5.74, 6) is -1.21. The van der Waals surface area contributed by atoms with E-state index in [2.05, 4.69) is 4.72 Å². The summed E-state index contributed by atoms with van der Waals surface area (Å²) in [6.45, 7) is 3.87. The number of aromatic carboxylic acids is 1. The lowest BCUT2D eigenvalue weighted by atomic mass is 10.3. The van der Waals surface area contributed by atoms with Crippen LogP contribution < -0.4 is 4.72 Å². The molecule has 96 valence electrons. The van der Waals surface area contributed by atoms with E-state index in [9.17, 15) is 13.2 Å². The van der Waals surface area contributed by atoms with Gasteiger partial charge in [-0.05, 0) is 24.3 Å². The molecule has 0 amide bonds. The molecule has 1 aromatic heterocycles. The summed E-state index contributed by atoms with van der Waals surface area (Å²) in [5.41, 5.74) is 0.469. The summed E-state index contributed by atoms with van der Waals surface area (Å²) in [6.07, 6.45) is 1.60. The Morgan fingerprint density at radius 3 is 2.71 bits per heavy atom. The van der Waals surface area contributed by atoms with E-state index in [1.54, 1.807) is 6.92 Å². The lowest BCUT2D eigenvalue weighted by Crippen LogP contribution is -2.26. The molecule has 0 aliphatic carbocycles. The van der Waals surface area contributed by atoms with Gasteiger partial charge in [-0.25, -0.2) is 17.9 Å². The molecule has 0 saturated carbocycles. The van der Waals surface area contributed by atoms with Crippen LogP contribution in [-0.2, 0) is 10.0 Å². The molecule has 0 saturated heterocycles. The first-order valence-corrected chi connectivity index (χ1v) is 7.57. The van der Waals surface area contributed by atoms with Crippen LogP contribution in [0.5, 0.6) is 0 Å². The highest BCUT2D eigenvalue weighted by Gasteiger charge is 2.26. The SMILES string of the molecule is CCCCNS(=O)(=O)c1c(C)csc1C(=O)O. The van der Waals surface area contributed by atoms with Crippen molar-refractivity contribution in [1.29, 1.82) is 0 Å². The van der Waals surface area contributed by atoms with Gasteiger partial charge in [-0.1, -0.05) is 13.3 Å². The molecule has 1 aromatic rings. The van der Waals surface area contributed by atoms with Crippen molar-refractivity contribution in [3.05, 3.63) is 15.8 Å². The summed E-state index contributed by atoms with van der Waals surface area (Å²) in [4.78, 5) is 10.7. The average molecular weight is 277 g/mol. The number of carboxylic acid groups (broad SMARTS) is 1. The Balaban J connectivity index is 3.06. The zero-order valence-corrected chi connectivity index (χ0v) is 11.3. The van der Waals surface area contributed by atoms with Crippen molar-refractivity contribution in [3.8, 4) is 0 Å². The highest BCUT2D eigenvalue weighted by Crippen LogP contribution is 2.26. The Kier molecular flexibility index (Phi) is 4.67. The van der Waals surface area contributed by atoms with Gasteiger partial charge in [-0.3, -0.25) is 0 Å². The van der Waals surface area contributed by atoms with Crippen molar-refractivity contribution in [2.24, 2.45) is 0 Å². The van der Waals surface area contributed by atoms with Gasteiger partial charge in [0.1, 0.15) is 9.77 Å². The van der Waals surface area contributed by atoms with Gasteiger partial charge in [0.05, 0.1) is 0 Å². The zero-order valence-electron chi connectivity index (χ0n) is 9.69. The highest BCUT2D eigenvalue weighted by atomic mass is 32.2. The number of sulfonamides is 1. The number of carbonyl (C=O) groups is 1. The lowest BCUT2D eigenvalue weighted by molar-refractivity contribution is 0.0698. The summed E-state index contributed by atoms with van der Waals surface area (Å²) in [7, 11) is -3.72. The van der Waals surface area contributed by atoms with Gasteiger partial charge < -0.3 is 5.11 Å². The summed E-state index contributed by atoms with van der Waals surface area (Å²) < 4.78 is 26.3. The smallest absolute Gasteiger partial charge is 0.347 e. The molecule has 0 spiro atoms. The van der Waals surface area contributed by atoms with E-state index in [4.69, 9.17) is 5.11 Å². The van der Waals surface area contributed by atoms with Crippen LogP contribution in [0, 0.1) is 6.92 Å². The fraction of sp³-hybridized carbons (Fsp3) is 0.500. The third-order valence-corrected chi connectivity index (χ3v) is 5.07. The van der Waals surface area contributed by atoms with E-state index in [1.807, 2.05) is 6.92 Å². The first-order chi connectivity index (χ1) is 7.90. The largest absolute Gasteiger partial charge is 0.477 e. The van der Waals surface area contributed by atoms with Gasteiger partial charge in [0.15, 0.2) is 0 Å². The van der Waals surface area contributed by atoms with Crippen molar-refractivity contribution in [2.45, 2.75) is 31.6 Å². The topological polar surface area (TPSA) is 83.5 Å². The summed E-state index contributed by atoms with van der Waals surface area (Å²) >= 11 is 0.932. The van der Waals surface area contributed by atoms with Gasteiger partial charge >= 0.3 is 5.97 Å². The van der Waals surface area contributed by atoms with Gasteiger partial charge in [0.25, 0.3) is 0 Å². The van der Waals surface area contributed by atoms with Crippen LogP contribution in [0.4, 0.5) is 0 Å². The molecule has 1 rings (SSSR count). The predicted molar refractivity (Wildman–Crippen MR) is 66.1 cm³/mol. The first-order valence-electron chi connectivity index (χ1n) is 5.21. The molecule has 5 nitrogen and oxygen atoms in total. The maximum Gasteiger partial charge on any atom is 0.347 e. The summed E-state index contributed by atoms with van der Waals surface area (Å²) in [6, 6.07) is 0. The fourth-order valence-corrected chi connectivity index (χ4v) is 4.07. The second-order valence-corrected chi connectivity index (χ2v) is 6.22. The molecular formula is C10H15NO4S2. The van der Waals surface area contributed by atoms with Crippen LogP contribution in [0.1, 0.15) is 35.0 Å². The van der Waals surface area contributed by atoms with E-state index in [-0.39, 0.29) is 9.77 Å². The molecule has 0 bridgehead atoms. The maximum absolute atomic E-state index is 11.9. The first kappa shape index (κ1) is 14.1. The molecule has 0 fully saturated rings. The van der Waals surface area contributed by atoms with Crippen LogP contribution >= 0.6 is 11.3 Å². The average Bonchev–Trinajstić information content (AvgIpc) is 2.61. The molecule has 0 aromatic carbocycles. The monoisotopic (exact) mass is 277 g/mol. The maximum atomic E-state index is 11.9. The molecule has 1 heterocycles. The van der Waals surface area contributed by atoms with Gasteiger partial charge in [-0.15, -0.1) is 11.3 Å². The highest BCUT2D eigenvalue weighted by molar-refractivity contribution is 7.89. The number of carboxylic acids is 1. The Morgan fingerprint density at radius 1 is 1.53 bits per heavy atom. The number of aryl methyl sites for hydroxylation is 1. The number of thiophene rings is 1. The molecule has 0 unspecified atom stereocenters. The van der Waals surface area contributed by atoms with Gasteiger partial charge in [0.2, 0.25) is 10.0 Å². The predicted octanol–water partition coefficient (Wildman–Crippen LogP) is 1.83. The third kappa shape index (κ3) is 3.27. The standard InChI is InChI=1S/C10H15NO4S2/c1-3-4-5-11-17(14,15)9-7(2)6-16-8(9)10(12)13/h6,11H,3-5H2,1-2H3,(H,12,13). The molecule has 0 atom stereocenters. The summed E-state index contributed by atoms with van der Waals surface area (Å²) in [5, 5.41) is 10.5. The molecular weight excluding hydrogens is 262 g/mol. The van der Waals surface area contributed by atoms with E-state index >= 15 is 0 Å². The van der Waals surface area contributed by atoms with Crippen molar-refractivity contribution < 1.29 is 18.3 Å². The number of hydrogen-bond donors (Lipinski definition) is 2. The minimum atomic E-state index is -3.72. The Bertz CT molecular complexity index is 504. The Labute approximate surface area is 105 Å². The van der Waals surface area contributed by atoms with E-state index in [1.165, 1.54) is 5.38 Å². The van der Waals surface area contributed by atoms with Gasteiger partial charge in [0, 0.05) is 6.54 Å². The molecule has 0 aliphatic rings. The minimum absolute atomic E-state index is 0.105. The van der Waals surface area contributed by atoms with Crippen LogP contribution in [0.2, 0.25) is 0 Å². The van der Waals surface area contributed by atoms with Crippen LogP contribution in [0.25, 0.3) is 0 Å². The second kappa shape index (κ2) is 5.61. The van der Waals surface area contributed by atoms with Crippen molar-refractivity contribution >= 4 is 27.3 Å². The van der Waals surface area contributed by atoms with Crippen molar-refractivity contribution in [1.82, 2.24) is 4.72 Å². The number of nitrogens with one attached hydrogen (secondary N) is 1. The zero-order chi connectivity index (χ0) is 13.1. The normalized spacial score (nSPS) is 11.6. The van der Waals surface area contributed by atoms with E-state index in [0.29, 0.717) is 12.1 Å². The molecule has 0 aliphatic heterocycles. The van der Waals surface area contributed by atoms with Gasteiger partial charge in [-0.2, -0.15) is 0 Å². The van der Waals surface area contributed by atoms with Crippen LogP contribution in [0.15, 0.2) is 10.3 Å². The molecule has 2 N–H and O–H groups in total. The third-order valence-electron chi connectivity index (χ3n) is 2.20. The lowest BCUT2D eigenvalue weighted by Gasteiger charge is -2.06. The Morgan fingerprint density at radius 2 is 2.18 bits per heavy atom. The fourth-order valence-electron chi connectivity index (χ4n) is 1.37. The molecule has 0 radical (unpaired) electrons. The second-order valence-electron chi connectivity index (χ2n) is 3.63. The van der Waals surface area contributed by atoms with Crippen LogP contribution in [0.3, 0.4) is 0 Å². The van der Waals surface area contributed by atoms with E-state index in [0.717, 1.165) is 24.2 Å². The number of unbranched alkanes of at least 4 members (excludes halogenated alkanes) is 1. The Hall–Kier alpha value is -0.920.